The number of methoxy groups -OCH3 is 1. The molecule has 0 spiro atoms. The van der Waals surface area contributed by atoms with E-state index < -0.39 is 34.1 Å². The molecule has 0 unspecified atom stereocenters. The predicted octanol–water partition coefficient (Wildman–Crippen LogP) is 0.413. The van der Waals surface area contributed by atoms with Crippen molar-refractivity contribution in [2.75, 3.05) is 13.7 Å². The second kappa shape index (κ2) is 8.41. The molecule has 0 saturated heterocycles. The lowest BCUT2D eigenvalue weighted by Gasteiger charge is -2.12. The minimum atomic E-state index is -3.62. The van der Waals surface area contributed by atoms with Gasteiger partial charge < -0.3 is 9.47 Å². The standard InChI is InChI=1S/C14H18N2O7S/c1-4-15-24(20,21)11-7-5-10(6-8-11)13(18)23-9(2)12(17)16-14(19)22-3/h5-9,15H,4H2,1-3H3,(H,16,17,19)/t9-/m0/s1. The van der Waals surface area contributed by atoms with Crippen LogP contribution in [-0.2, 0) is 24.3 Å². The molecule has 0 bridgehead atoms. The first-order valence-electron chi connectivity index (χ1n) is 6.90. The number of imide groups is 1. The van der Waals surface area contributed by atoms with Crippen molar-refractivity contribution in [2.24, 2.45) is 0 Å². The van der Waals surface area contributed by atoms with Crippen molar-refractivity contribution in [3.05, 3.63) is 29.8 Å². The van der Waals surface area contributed by atoms with E-state index in [2.05, 4.69) is 9.46 Å². The minimum absolute atomic E-state index is 0.00242. The summed E-state index contributed by atoms with van der Waals surface area (Å²) < 4.78 is 35.0. The molecule has 1 aromatic carbocycles. The highest BCUT2D eigenvalue weighted by molar-refractivity contribution is 7.89. The van der Waals surface area contributed by atoms with Crippen LogP contribution < -0.4 is 10.0 Å². The molecule has 2 N–H and O–H groups in total. The average molecular weight is 358 g/mol. The molecule has 0 heterocycles. The van der Waals surface area contributed by atoms with Crippen molar-refractivity contribution < 1.29 is 32.3 Å². The van der Waals surface area contributed by atoms with Crippen LogP contribution in [-0.4, -0.2) is 46.1 Å². The third-order valence-electron chi connectivity index (χ3n) is 2.80. The van der Waals surface area contributed by atoms with Crippen LogP contribution in [0.5, 0.6) is 0 Å². The second-order valence-electron chi connectivity index (χ2n) is 4.55. The smallest absolute Gasteiger partial charge is 0.413 e. The maximum atomic E-state index is 11.9. The second-order valence-corrected chi connectivity index (χ2v) is 6.32. The Labute approximate surface area is 139 Å². The van der Waals surface area contributed by atoms with Gasteiger partial charge in [-0.2, -0.15) is 0 Å². The molecule has 1 aromatic rings. The van der Waals surface area contributed by atoms with Crippen LogP contribution in [0.3, 0.4) is 0 Å². The van der Waals surface area contributed by atoms with Crippen molar-refractivity contribution >= 4 is 28.0 Å². The molecule has 0 radical (unpaired) electrons. The van der Waals surface area contributed by atoms with Crippen LogP contribution in [0.4, 0.5) is 4.79 Å². The fourth-order valence-corrected chi connectivity index (χ4v) is 2.62. The van der Waals surface area contributed by atoms with Gasteiger partial charge in [0.15, 0.2) is 6.10 Å². The molecule has 1 rings (SSSR count). The Hall–Kier alpha value is -2.46. The normalized spacial score (nSPS) is 12.1. The van der Waals surface area contributed by atoms with E-state index in [1.807, 2.05) is 5.32 Å². The number of hydrogen-bond donors (Lipinski definition) is 2. The number of amides is 2. The van der Waals surface area contributed by atoms with E-state index >= 15 is 0 Å². The van der Waals surface area contributed by atoms with Gasteiger partial charge in [-0.1, -0.05) is 6.92 Å². The number of alkyl carbamates (subject to hydrolysis) is 1. The van der Waals surface area contributed by atoms with Crippen molar-refractivity contribution in [1.29, 1.82) is 0 Å². The lowest BCUT2D eigenvalue weighted by molar-refractivity contribution is -0.128. The highest BCUT2D eigenvalue weighted by atomic mass is 32.2. The van der Waals surface area contributed by atoms with E-state index in [0.717, 1.165) is 7.11 Å². The van der Waals surface area contributed by atoms with Crippen LogP contribution in [0.2, 0.25) is 0 Å². The number of benzene rings is 1. The molecule has 0 aliphatic rings. The van der Waals surface area contributed by atoms with Crippen molar-refractivity contribution in [2.45, 2.75) is 24.8 Å². The molecular weight excluding hydrogens is 340 g/mol. The first-order chi connectivity index (χ1) is 11.2. The lowest BCUT2D eigenvalue weighted by atomic mass is 10.2. The third kappa shape index (κ3) is 5.32. The monoisotopic (exact) mass is 358 g/mol. The van der Waals surface area contributed by atoms with Gasteiger partial charge in [0.2, 0.25) is 10.0 Å². The molecule has 24 heavy (non-hydrogen) atoms. The van der Waals surface area contributed by atoms with Crippen molar-refractivity contribution in [3.8, 4) is 0 Å². The average Bonchev–Trinajstić information content (AvgIpc) is 2.54. The zero-order valence-electron chi connectivity index (χ0n) is 13.4. The number of carbonyl (C=O) groups is 3. The molecule has 0 aromatic heterocycles. The molecule has 10 heteroatoms. The third-order valence-corrected chi connectivity index (χ3v) is 4.36. The van der Waals surface area contributed by atoms with Gasteiger partial charge in [0.05, 0.1) is 17.6 Å². The molecule has 0 fully saturated rings. The molecule has 1 atom stereocenters. The summed E-state index contributed by atoms with van der Waals surface area (Å²) in [4.78, 5) is 34.4. The van der Waals surface area contributed by atoms with Gasteiger partial charge in [-0.25, -0.2) is 22.7 Å². The Bertz CT molecular complexity index is 713. The lowest BCUT2D eigenvalue weighted by Crippen LogP contribution is -2.39. The van der Waals surface area contributed by atoms with Crippen LogP contribution in [0.1, 0.15) is 24.2 Å². The Kier molecular flexibility index (Phi) is 6.86. The maximum Gasteiger partial charge on any atom is 0.413 e. The highest BCUT2D eigenvalue weighted by Crippen LogP contribution is 2.12. The highest BCUT2D eigenvalue weighted by Gasteiger charge is 2.21. The van der Waals surface area contributed by atoms with Crippen LogP contribution >= 0.6 is 0 Å². The summed E-state index contributed by atoms with van der Waals surface area (Å²) in [6.07, 6.45) is -2.21. The van der Waals surface area contributed by atoms with Gasteiger partial charge >= 0.3 is 12.1 Å². The molecular formula is C14H18N2O7S. The van der Waals surface area contributed by atoms with Crippen molar-refractivity contribution in [1.82, 2.24) is 10.0 Å². The fraction of sp³-hybridized carbons (Fsp3) is 0.357. The zero-order valence-corrected chi connectivity index (χ0v) is 14.2. The number of carbonyl (C=O) groups excluding carboxylic acids is 3. The van der Waals surface area contributed by atoms with E-state index in [4.69, 9.17) is 4.74 Å². The number of ether oxygens (including phenoxy) is 2. The van der Waals surface area contributed by atoms with Gasteiger partial charge in [0.25, 0.3) is 5.91 Å². The molecule has 9 nitrogen and oxygen atoms in total. The van der Waals surface area contributed by atoms with E-state index in [0.29, 0.717) is 0 Å². The summed E-state index contributed by atoms with van der Waals surface area (Å²) in [5.74, 6) is -1.68. The van der Waals surface area contributed by atoms with Gasteiger partial charge in [-0.05, 0) is 31.2 Å². The Morgan fingerprint density at radius 3 is 2.25 bits per heavy atom. The SMILES string of the molecule is CCNS(=O)(=O)c1ccc(C(=O)O[C@@H](C)C(=O)NC(=O)OC)cc1. The fourth-order valence-electron chi connectivity index (χ4n) is 1.58. The molecule has 2 amide bonds. The predicted molar refractivity (Wildman–Crippen MR) is 82.7 cm³/mol. The largest absolute Gasteiger partial charge is 0.453 e. The first kappa shape index (κ1) is 19.6. The summed E-state index contributed by atoms with van der Waals surface area (Å²) in [5, 5.41) is 1.86. The quantitative estimate of drug-likeness (QED) is 0.705. The molecule has 0 aliphatic heterocycles. The minimum Gasteiger partial charge on any atom is -0.453 e. The van der Waals surface area contributed by atoms with E-state index in [-0.39, 0.29) is 17.0 Å². The van der Waals surface area contributed by atoms with Crippen molar-refractivity contribution in [3.63, 3.8) is 0 Å². The first-order valence-corrected chi connectivity index (χ1v) is 8.39. The Balaban J connectivity index is 2.75. The van der Waals surface area contributed by atoms with E-state index in [9.17, 15) is 22.8 Å². The summed E-state index contributed by atoms with van der Waals surface area (Å²) in [5.41, 5.74) is 0.0585. The maximum absolute atomic E-state index is 11.9. The summed E-state index contributed by atoms with van der Waals surface area (Å²) in [6.45, 7) is 3.16. The Morgan fingerprint density at radius 1 is 1.17 bits per heavy atom. The van der Waals surface area contributed by atoms with Crippen LogP contribution in [0.25, 0.3) is 0 Å². The van der Waals surface area contributed by atoms with Gasteiger partial charge in [-0.3, -0.25) is 10.1 Å². The number of hydrogen-bond acceptors (Lipinski definition) is 7. The number of esters is 1. The van der Waals surface area contributed by atoms with Gasteiger partial charge in [0.1, 0.15) is 0 Å². The molecule has 132 valence electrons. The van der Waals surface area contributed by atoms with Crippen LogP contribution in [0, 0.1) is 0 Å². The topological polar surface area (TPSA) is 128 Å². The Morgan fingerprint density at radius 2 is 1.75 bits per heavy atom. The van der Waals surface area contributed by atoms with Gasteiger partial charge in [0, 0.05) is 6.54 Å². The van der Waals surface area contributed by atoms with E-state index in [1.54, 1.807) is 6.92 Å². The van der Waals surface area contributed by atoms with Crippen LogP contribution in [0.15, 0.2) is 29.2 Å². The van der Waals surface area contributed by atoms with E-state index in [1.165, 1.54) is 31.2 Å². The summed E-state index contributed by atoms with van der Waals surface area (Å²) in [7, 11) is -2.54. The summed E-state index contributed by atoms with van der Waals surface area (Å²) in [6, 6.07) is 5.01. The number of rotatable bonds is 6. The molecule has 0 aliphatic carbocycles. The molecule has 0 saturated carbocycles. The summed E-state index contributed by atoms with van der Waals surface area (Å²) >= 11 is 0. The zero-order chi connectivity index (χ0) is 18.3. The van der Waals surface area contributed by atoms with Gasteiger partial charge in [-0.15, -0.1) is 0 Å². The number of sulfonamides is 1. The number of nitrogens with one attached hydrogen (secondary N) is 2.